The quantitative estimate of drug-likeness (QED) is 0.664. The summed E-state index contributed by atoms with van der Waals surface area (Å²) in [6.07, 6.45) is 3.71. The number of nitrogens with zero attached hydrogens (tertiary/aromatic N) is 1. The number of hydrogen-bond acceptors (Lipinski definition) is 1. The predicted molar refractivity (Wildman–Crippen MR) is 53.3 cm³/mol. The molecule has 3 nitrogen and oxygen atoms in total. The van der Waals surface area contributed by atoms with E-state index in [4.69, 9.17) is 5.73 Å². The second kappa shape index (κ2) is 3.99. The number of carbonyl (C=O) groups excluding carboxylic acids is 1. The van der Waals surface area contributed by atoms with E-state index in [1.807, 2.05) is 7.05 Å². The van der Waals surface area contributed by atoms with Gasteiger partial charge in [-0.15, -0.1) is 0 Å². The lowest BCUT2D eigenvalue weighted by Gasteiger charge is -2.40. The molecule has 0 saturated heterocycles. The van der Waals surface area contributed by atoms with Crippen LogP contribution in [0, 0.1) is 11.8 Å². The molecule has 2 amide bonds. The molecule has 0 heterocycles. The molecule has 1 rings (SSSR count). The summed E-state index contributed by atoms with van der Waals surface area (Å²) in [7, 11) is 1.81. The molecule has 2 unspecified atom stereocenters. The third-order valence-corrected chi connectivity index (χ3v) is 3.28. The Morgan fingerprint density at radius 1 is 1.31 bits per heavy atom. The van der Waals surface area contributed by atoms with Crippen LogP contribution in [0.5, 0.6) is 0 Å². The zero-order chi connectivity index (χ0) is 10.0. The molecule has 1 aliphatic rings. The molecule has 0 aromatic rings. The Bertz CT molecular complexity index is 183. The van der Waals surface area contributed by atoms with Gasteiger partial charge in [-0.05, 0) is 24.7 Å². The third-order valence-electron chi connectivity index (χ3n) is 3.28. The van der Waals surface area contributed by atoms with Crippen molar-refractivity contribution in [2.75, 3.05) is 7.05 Å². The summed E-state index contributed by atoms with van der Waals surface area (Å²) in [6.45, 7) is 4.42. The molecule has 0 bridgehead atoms. The lowest BCUT2D eigenvalue weighted by atomic mass is 9.78. The lowest BCUT2D eigenvalue weighted by molar-refractivity contribution is 0.113. The zero-order valence-corrected chi connectivity index (χ0v) is 8.79. The molecule has 0 radical (unpaired) electrons. The number of rotatable bonds is 1. The molecular formula is C10H20N2O. The van der Waals surface area contributed by atoms with Crippen molar-refractivity contribution in [3.05, 3.63) is 0 Å². The first-order valence-electron chi connectivity index (χ1n) is 5.06. The van der Waals surface area contributed by atoms with Crippen molar-refractivity contribution in [1.29, 1.82) is 0 Å². The van der Waals surface area contributed by atoms with Crippen LogP contribution in [0.15, 0.2) is 0 Å². The van der Waals surface area contributed by atoms with Crippen molar-refractivity contribution in [2.24, 2.45) is 17.6 Å². The molecule has 0 aliphatic heterocycles. The van der Waals surface area contributed by atoms with Crippen molar-refractivity contribution < 1.29 is 4.79 Å². The van der Waals surface area contributed by atoms with Gasteiger partial charge >= 0.3 is 6.03 Å². The van der Waals surface area contributed by atoms with Gasteiger partial charge in [0.2, 0.25) is 0 Å². The van der Waals surface area contributed by atoms with Crippen LogP contribution in [-0.4, -0.2) is 24.0 Å². The highest BCUT2D eigenvalue weighted by Gasteiger charge is 2.32. The average Bonchev–Trinajstić information content (AvgIpc) is 2.03. The van der Waals surface area contributed by atoms with Crippen LogP contribution < -0.4 is 5.73 Å². The third kappa shape index (κ3) is 2.14. The van der Waals surface area contributed by atoms with E-state index >= 15 is 0 Å². The molecular weight excluding hydrogens is 164 g/mol. The smallest absolute Gasteiger partial charge is 0.314 e. The monoisotopic (exact) mass is 184 g/mol. The maximum Gasteiger partial charge on any atom is 0.314 e. The van der Waals surface area contributed by atoms with Crippen molar-refractivity contribution in [1.82, 2.24) is 4.90 Å². The van der Waals surface area contributed by atoms with Crippen molar-refractivity contribution >= 4 is 6.03 Å². The van der Waals surface area contributed by atoms with E-state index in [2.05, 4.69) is 13.8 Å². The molecule has 2 N–H and O–H groups in total. The normalized spacial score (nSPS) is 34.2. The molecule has 2 atom stereocenters. The topological polar surface area (TPSA) is 46.3 Å². The van der Waals surface area contributed by atoms with E-state index in [1.165, 1.54) is 19.3 Å². The highest BCUT2D eigenvalue weighted by Crippen LogP contribution is 2.31. The molecule has 1 saturated carbocycles. The minimum Gasteiger partial charge on any atom is -0.351 e. The number of nitrogens with two attached hydrogens (primary N) is 1. The Kier molecular flexibility index (Phi) is 3.17. The van der Waals surface area contributed by atoms with Gasteiger partial charge in [0.05, 0.1) is 0 Å². The largest absolute Gasteiger partial charge is 0.351 e. The molecule has 1 aliphatic carbocycles. The van der Waals surface area contributed by atoms with Crippen LogP contribution in [0.1, 0.15) is 33.1 Å². The van der Waals surface area contributed by atoms with Crippen LogP contribution in [0.2, 0.25) is 0 Å². The van der Waals surface area contributed by atoms with Gasteiger partial charge in [-0.3, -0.25) is 0 Å². The average molecular weight is 184 g/mol. The Morgan fingerprint density at radius 3 is 2.15 bits per heavy atom. The van der Waals surface area contributed by atoms with Crippen LogP contribution >= 0.6 is 0 Å². The van der Waals surface area contributed by atoms with E-state index in [0.29, 0.717) is 17.9 Å². The summed E-state index contributed by atoms with van der Waals surface area (Å²) in [4.78, 5) is 12.7. The first-order chi connectivity index (χ1) is 6.04. The predicted octanol–water partition coefficient (Wildman–Crippen LogP) is 1.82. The lowest BCUT2D eigenvalue weighted by Crippen LogP contribution is -2.48. The maximum absolute atomic E-state index is 11.0. The molecule has 76 valence electrons. The number of urea groups is 1. The molecule has 0 aromatic carbocycles. The van der Waals surface area contributed by atoms with Crippen molar-refractivity contribution in [3.8, 4) is 0 Å². The fourth-order valence-electron chi connectivity index (χ4n) is 2.57. The van der Waals surface area contributed by atoms with Gasteiger partial charge in [-0.25, -0.2) is 4.79 Å². The Balaban J connectivity index is 2.67. The van der Waals surface area contributed by atoms with Gasteiger partial charge < -0.3 is 10.6 Å². The Morgan fingerprint density at radius 2 is 1.77 bits per heavy atom. The Labute approximate surface area is 80.3 Å². The maximum atomic E-state index is 11.0. The summed E-state index contributed by atoms with van der Waals surface area (Å²) in [5.74, 6) is 1.17. The fraction of sp³-hybridized carbons (Fsp3) is 0.900. The van der Waals surface area contributed by atoms with Crippen LogP contribution in [0.4, 0.5) is 4.79 Å². The van der Waals surface area contributed by atoms with Crippen molar-refractivity contribution in [2.45, 2.75) is 39.2 Å². The van der Waals surface area contributed by atoms with Gasteiger partial charge in [0.15, 0.2) is 0 Å². The molecule has 0 spiro atoms. The summed E-state index contributed by atoms with van der Waals surface area (Å²) in [6, 6.07) is 0.0388. The van der Waals surface area contributed by atoms with Crippen LogP contribution in [0.3, 0.4) is 0 Å². The van der Waals surface area contributed by atoms with Crippen LogP contribution in [-0.2, 0) is 0 Å². The van der Waals surface area contributed by atoms with E-state index in [1.54, 1.807) is 4.90 Å². The number of amides is 2. The van der Waals surface area contributed by atoms with E-state index in [-0.39, 0.29) is 6.03 Å². The van der Waals surface area contributed by atoms with Gasteiger partial charge in [-0.1, -0.05) is 20.3 Å². The molecule has 1 fully saturated rings. The first kappa shape index (κ1) is 10.4. The highest BCUT2D eigenvalue weighted by molar-refractivity contribution is 5.72. The minimum absolute atomic E-state index is 0.300. The molecule has 13 heavy (non-hydrogen) atoms. The summed E-state index contributed by atoms with van der Waals surface area (Å²) < 4.78 is 0. The first-order valence-corrected chi connectivity index (χ1v) is 5.06. The summed E-state index contributed by atoms with van der Waals surface area (Å²) in [5, 5.41) is 0. The second-order valence-electron chi connectivity index (χ2n) is 4.33. The highest BCUT2D eigenvalue weighted by atomic mass is 16.2. The standard InChI is InChI=1S/C10H20N2O/c1-7-5-4-6-8(2)9(7)12(3)10(11)13/h7-9H,4-6H2,1-3H3,(H2,11,13). The van der Waals surface area contributed by atoms with Gasteiger partial charge in [-0.2, -0.15) is 0 Å². The number of hydrogen-bond donors (Lipinski definition) is 1. The SMILES string of the molecule is CC1CCCC(C)C1N(C)C(N)=O. The molecule has 0 aromatic heterocycles. The number of primary amides is 1. The summed E-state index contributed by atoms with van der Waals surface area (Å²) in [5.41, 5.74) is 5.28. The Hall–Kier alpha value is -0.730. The molecule has 3 heteroatoms. The number of carbonyl (C=O) groups is 1. The van der Waals surface area contributed by atoms with Gasteiger partial charge in [0.1, 0.15) is 0 Å². The van der Waals surface area contributed by atoms with E-state index in [0.717, 1.165) is 0 Å². The van der Waals surface area contributed by atoms with Gasteiger partial charge in [0, 0.05) is 13.1 Å². The van der Waals surface area contributed by atoms with E-state index < -0.39 is 0 Å². The second-order valence-corrected chi connectivity index (χ2v) is 4.33. The van der Waals surface area contributed by atoms with Gasteiger partial charge in [0.25, 0.3) is 0 Å². The summed E-state index contributed by atoms with van der Waals surface area (Å²) >= 11 is 0. The van der Waals surface area contributed by atoms with Crippen LogP contribution in [0.25, 0.3) is 0 Å². The fourth-order valence-corrected chi connectivity index (χ4v) is 2.57. The minimum atomic E-state index is -0.300. The van der Waals surface area contributed by atoms with Crippen molar-refractivity contribution in [3.63, 3.8) is 0 Å². The van der Waals surface area contributed by atoms with E-state index in [9.17, 15) is 4.79 Å². The zero-order valence-electron chi connectivity index (χ0n) is 8.79.